The summed E-state index contributed by atoms with van der Waals surface area (Å²) in [6.45, 7) is 5.91. The molecule has 0 amide bonds. The Morgan fingerprint density at radius 3 is 2.70 bits per heavy atom. The number of nitrogens with zero attached hydrogens (tertiary/aromatic N) is 1. The van der Waals surface area contributed by atoms with E-state index in [-0.39, 0.29) is 0 Å². The molecular formula is C14H20N2O2S2. The first-order valence-electron chi connectivity index (χ1n) is 6.80. The van der Waals surface area contributed by atoms with Crippen LogP contribution in [0.3, 0.4) is 0 Å². The van der Waals surface area contributed by atoms with Gasteiger partial charge in [0.2, 0.25) is 0 Å². The third-order valence-corrected chi connectivity index (χ3v) is 5.66. The van der Waals surface area contributed by atoms with Crippen molar-refractivity contribution in [2.45, 2.75) is 44.9 Å². The number of anilines is 1. The Balaban J connectivity index is 2.24. The summed E-state index contributed by atoms with van der Waals surface area (Å²) in [4.78, 5) is 0.306. The molecule has 0 bridgehead atoms. The van der Waals surface area contributed by atoms with Crippen LogP contribution in [0.2, 0.25) is 0 Å². The molecule has 1 aliphatic rings. The van der Waals surface area contributed by atoms with Crippen LogP contribution in [-0.2, 0) is 10.0 Å². The van der Waals surface area contributed by atoms with Crippen LogP contribution in [0.1, 0.15) is 37.3 Å². The lowest BCUT2D eigenvalue weighted by molar-refractivity contribution is 0.597. The van der Waals surface area contributed by atoms with Gasteiger partial charge in [-0.05, 0) is 37.5 Å². The maximum absolute atomic E-state index is 12.3. The van der Waals surface area contributed by atoms with E-state index in [1.807, 2.05) is 19.1 Å². The maximum Gasteiger partial charge on any atom is 0.287 e. The first kappa shape index (κ1) is 15.4. The number of nitrogens with one attached hydrogen (secondary N) is 1. The number of aryl methyl sites for hydroxylation is 2. The summed E-state index contributed by atoms with van der Waals surface area (Å²) < 4.78 is 28.4. The van der Waals surface area contributed by atoms with Crippen molar-refractivity contribution in [3.8, 4) is 0 Å². The van der Waals surface area contributed by atoms with Gasteiger partial charge in [-0.2, -0.15) is 8.42 Å². The van der Waals surface area contributed by atoms with Crippen molar-refractivity contribution in [1.82, 2.24) is 0 Å². The van der Waals surface area contributed by atoms with Crippen molar-refractivity contribution >= 4 is 32.6 Å². The fraction of sp³-hybridized carbons (Fsp3) is 0.500. The number of unbranched alkanes of at least 4 members (excludes halogenated alkanes) is 2. The van der Waals surface area contributed by atoms with Crippen LogP contribution < -0.4 is 5.32 Å². The van der Waals surface area contributed by atoms with E-state index < -0.39 is 10.0 Å². The number of thioether (sulfide) groups is 1. The lowest BCUT2D eigenvalue weighted by atomic mass is 10.1. The highest BCUT2D eigenvalue weighted by Crippen LogP contribution is 2.33. The highest BCUT2D eigenvalue weighted by Gasteiger charge is 2.27. The minimum absolute atomic E-state index is 0.306. The van der Waals surface area contributed by atoms with E-state index in [0.717, 1.165) is 36.1 Å². The van der Waals surface area contributed by atoms with Gasteiger partial charge in [0.25, 0.3) is 10.0 Å². The quantitative estimate of drug-likeness (QED) is 0.861. The Bertz CT molecular complexity index is 637. The van der Waals surface area contributed by atoms with E-state index in [2.05, 4.69) is 16.6 Å². The molecule has 0 atom stereocenters. The largest absolute Gasteiger partial charge is 0.333 e. The summed E-state index contributed by atoms with van der Waals surface area (Å²) >= 11 is 1.47. The summed E-state index contributed by atoms with van der Waals surface area (Å²) in [5.41, 5.74) is 2.43. The van der Waals surface area contributed by atoms with E-state index in [9.17, 15) is 8.42 Å². The molecule has 0 radical (unpaired) electrons. The first-order valence-corrected chi connectivity index (χ1v) is 9.22. The third-order valence-electron chi connectivity index (χ3n) is 3.11. The zero-order chi connectivity index (χ0) is 14.8. The van der Waals surface area contributed by atoms with Crippen molar-refractivity contribution in [2.75, 3.05) is 11.1 Å². The van der Waals surface area contributed by atoms with Gasteiger partial charge < -0.3 is 5.32 Å². The molecule has 0 unspecified atom stereocenters. The second-order valence-corrected chi connectivity index (χ2v) is 7.64. The van der Waals surface area contributed by atoms with Gasteiger partial charge in [-0.15, -0.1) is 4.40 Å². The molecule has 1 aromatic carbocycles. The minimum Gasteiger partial charge on any atom is -0.333 e. The zero-order valence-electron chi connectivity index (χ0n) is 12.1. The Labute approximate surface area is 125 Å². The van der Waals surface area contributed by atoms with Gasteiger partial charge in [-0.3, -0.25) is 0 Å². The molecule has 4 nitrogen and oxygen atoms in total. The number of benzene rings is 1. The van der Waals surface area contributed by atoms with E-state index >= 15 is 0 Å². The second kappa shape index (κ2) is 6.18. The fourth-order valence-electron chi connectivity index (χ4n) is 2.27. The summed E-state index contributed by atoms with van der Waals surface area (Å²) in [5, 5.41) is 3.63. The van der Waals surface area contributed by atoms with Crippen molar-refractivity contribution in [1.29, 1.82) is 0 Å². The van der Waals surface area contributed by atoms with Crippen LogP contribution in [0.25, 0.3) is 0 Å². The molecule has 0 fully saturated rings. The molecule has 2 rings (SSSR count). The van der Waals surface area contributed by atoms with Crippen molar-refractivity contribution in [2.24, 2.45) is 4.40 Å². The molecule has 0 aliphatic carbocycles. The van der Waals surface area contributed by atoms with Gasteiger partial charge in [0.15, 0.2) is 5.17 Å². The average molecular weight is 312 g/mol. The van der Waals surface area contributed by atoms with Crippen LogP contribution >= 0.6 is 11.8 Å². The summed E-state index contributed by atoms with van der Waals surface area (Å²) in [6, 6.07) is 3.73. The molecular weight excluding hydrogens is 292 g/mol. The van der Waals surface area contributed by atoms with Crippen LogP contribution in [0, 0.1) is 13.8 Å². The number of fused-ring (bicyclic) bond motifs is 1. The van der Waals surface area contributed by atoms with Gasteiger partial charge in [-0.25, -0.2) is 0 Å². The second-order valence-electron chi connectivity index (χ2n) is 5.01. The van der Waals surface area contributed by atoms with E-state index in [0.29, 0.717) is 15.8 Å². The lowest BCUT2D eigenvalue weighted by Gasteiger charge is -2.20. The summed E-state index contributed by atoms with van der Waals surface area (Å²) in [5.74, 6) is 0.884. The summed E-state index contributed by atoms with van der Waals surface area (Å²) in [7, 11) is -3.58. The average Bonchev–Trinajstić information content (AvgIpc) is 2.32. The maximum atomic E-state index is 12.3. The highest BCUT2D eigenvalue weighted by atomic mass is 32.2. The fourth-order valence-corrected chi connectivity index (χ4v) is 4.70. The zero-order valence-corrected chi connectivity index (χ0v) is 13.7. The monoisotopic (exact) mass is 312 g/mol. The molecule has 1 aliphatic heterocycles. The SMILES string of the molecule is CCCCCSC1=NS(=O)(=O)c2c(C)cc(C)cc2N1. The molecule has 1 N–H and O–H groups in total. The predicted molar refractivity (Wildman–Crippen MR) is 86.1 cm³/mol. The molecule has 0 aromatic heterocycles. The standard InChI is InChI=1S/C14H20N2O2S2/c1-4-5-6-7-19-14-15-12-9-10(2)8-11(3)13(12)20(17,18)16-14/h8-9H,4-7H2,1-3H3,(H,15,16). The lowest BCUT2D eigenvalue weighted by Crippen LogP contribution is -2.20. The molecule has 6 heteroatoms. The van der Waals surface area contributed by atoms with Gasteiger partial charge >= 0.3 is 0 Å². The number of rotatable bonds is 4. The molecule has 1 aromatic rings. The van der Waals surface area contributed by atoms with Crippen molar-refractivity contribution < 1.29 is 8.42 Å². The molecule has 0 spiro atoms. The highest BCUT2D eigenvalue weighted by molar-refractivity contribution is 8.14. The number of amidine groups is 1. The van der Waals surface area contributed by atoms with Crippen LogP contribution in [-0.4, -0.2) is 19.3 Å². The van der Waals surface area contributed by atoms with E-state index in [1.54, 1.807) is 6.92 Å². The number of sulfonamides is 1. The molecule has 110 valence electrons. The van der Waals surface area contributed by atoms with E-state index in [4.69, 9.17) is 0 Å². The third kappa shape index (κ3) is 3.35. The Hall–Kier alpha value is -1.01. The first-order chi connectivity index (χ1) is 9.44. The topological polar surface area (TPSA) is 58.5 Å². The summed E-state index contributed by atoms with van der Waals surface area (Å²) in [6.07, 6.45) is 3.38. The number of hydrogen-bond donors (Lipinski definition) is 1. The van der Waals surface area contributed by atoms with E-state index in [1.165, 1.54) is 11.8 Å². The van der Waals surface area contributed by atoms with Gasteiger partial charge in [0, 0.05) is 5.75 Å². The van der Waals surface area contributed by atoms with Crippen LogP contribution in [0.15, 0.2) is 21.4 Å². The Morgan fingerprint density at radius 1 is 1.25 bits per heavy atom. The molecule has 20 heavy (non-hydrogen) atoms. The Morgan fingerprint density at radius 2 is 2.00 bits per heavy atom. The molecule has 0 saturated carbocycles. The molecule has 0 saturated heterocycles. The van der Waals surface area contributed by atoms with Gasteiger partial charge in [0.05, 0.1) is 5.69 Å². The van der Waals surface area contributed by atoms with Gasteiger partial charge in [0.1, 0.15) is 4.90 Å². The number of hydrogen-bond acceptors (Lipinski definition) is 4. The van der Waals surface area contributed by atoms with Crippen LogP contribution in [0.4, 0.5) is 5.69 Å². The normalized spacial score (nSPS) is 16.2. The minimum atomic E-state index is -3.58. The van der Waals surface area contributed by atoms with Gasteiger partial charge in [-0.1, -0.05) is 37.6 Å². The van der Waals surface area contributed by atoms with Crippen molar-refractivity contribution in [3.05, 3.63) is 23.3 Å². The van der Waals surface area contributed by atoms with Crippen molar-refractivity contribution in [3.63, 3.8) is 0 Å². The Kier molecular flexibility index (Phi) is 4.75. The molecule has 1 heterocycles. The smallest absolute Gasteiger partial charge is 0.287 e. The predicted octanol–water partition coefficient (Wildman–Crippen LogP) is 3.70. The van der Waals surface area contributed by atoms with Crippen LogP contribution in [0.5, 0.6) is 0 Å².